The van der Waals surface area contributed by atoms with Gasteiger partial charge in [-0.05, 0) is 72.0 Å². The number of phenols is 1. The van der Waals surface area contributed by atoms with Gasteiger partial charge < -0.3 is 25.4 Å². The van der Waals surface area contributed by atoms with Crippen LogP contribution in [0.5, 0.6) is 11.5 Å². The molecular formula is C24H29BrN2O7. The van der Waals surface area contributed by atoms with E-state index in [1.165, 1.54) is 5.56 Å². The molecule has 0 aliphatic carbocycles. The zero-order valence-corrected chi connectivity index (χ0v) is 20.7. The van der Waals surface area contributed by atoms with E-state index in [0.717, 1.165) is 43.6 Å². The first-order valence-electron chi connectivity index (χ1n) is 10.7. The molecule has 0 spiro atoms. The summed E-state index contributed by atoms with van der Waals surface area (Å²) in [6.45, 7) is 5.17. The summed E-state index contributed by atoms with van der Waals surface area (Å²) in [4.78, 5) is 33.0. The van der Waals surface area contributed by atoms with Crippen LogP contribution in [-0.2, 0) is 27.5 Å². The first kappa shape index (κ1) is 27.1. The molecule has 1 amide bonds. The number of benzene rings is 2. The van der Waals surface area contributed by atoms with Crippen molar-refractivity contribution in [1.29, 1.82) is 0 Å². The van der Waals surface area contributed by atoms with Crippen LogP contribution in [0, 0.1) is 12.8 Å². The van der Waals surface area contributed by atoms with Crippen molar-refractivity contribution < 1.29 is 34.4 Å². The molecule has 4 N–H and O–H groups in total. The molecule has 2 aromatic carbocycles. The Labute approximate surface area is 206 Å². The van der Waals surface area contributed by atoms with Gasteiger partial charge in [-0.3, -0.25) is 9.69 Å². The van der Waals surface area contributed by atoms with Gasteiger partial charge in [0.05, 0.1) is 11.6 Å². The molecule has 1 saturated heterocycles. The van der Waals surface area contributed by atoms with Crippen LogP contribution in [0.2, 0.25) is 0 Å². The number of carboxylic acids is 2. The molecule has 3 rings (SSSR count). The van der Waals surface area contributed by atoms with Crippen molar-refractivity contribution in [3.8, 4) is 11.5 Å². The fourth-order valence-corrected chi connectivity index (χ4v) is 4.01. The van der Waals surface area contributed by atoms with Gasteiger partial charge in [-0.2, -0.15) is 0 Å². The highest BCUT2D eigenvalue weighted by molar-refractivity contribution is 9.10. The van der Waals surface area contributed by atoms with Gasteiger partial charge in [-0.25, -0.2) is 9.59 Å². The standard InChI is InChI=1S/C22H27BrN2O3.C2H2O4/c1-15-3-5-16(6-4-15)13-24-22(27)18-7-9-25(10-8-18)14-17-11-19(23)21(26)20(12-17)28-2;3-1(4)2(5)6/h3-6,11-12,18,26H,7-10,13-14H2,1-2H3,(H,24,27);(H,3,4)(H,5,6). The molecule has 1 heterocycles. The summed E-state index contributed by atoms with van der Waals surface area (Å²) in [5, 5.41) is 27.8. The summed E-state index contributed by atoms with van der Waals surface area (Å²) < 4.78 is 5.85. The van der Waals surface area contributed by atoms with Gasteiger partial charge in [-0.15, -0.1) is 0 Å². The van der Waals surface area contributed by atoms with Crippen molar-refractivity contribution in [2.45, 2.75) is 32.9 Å². The van der Waals surface area contributed by atoms with Crippen LogP contribution >= 0.6 is 15.9 Å². The van der Waals surface area contributed by atoms with Crippen LogP contribution in [0.4, 0.5) is 0 Å². The second-order valence-corrected chi connectivity index (χ2v) is 8.85. The van der Waals surface area contributed by atoms with Crippen molar-refractivity contribution in [2.75, 3.05) is 20.2 Å². The van der Waals surface area contributed by atoms with Crippen molar-refractivity contribution in [2.24, 2.45) is 5.92 Å². The number of nitrogens with one attached hydrogen (secondary N) is 1. The predicted molar refractivity (Wildman–Crippen MR) is 129 cm³/mol. The monoisotopic (exact) mass is 536 g/mol. The largest absolute Gasteiger partial charge is 0.503 e. The van der Waals surface area contributed by atoms with Gasteiger partial charge in [-0.1, -0.05) is 29.8 Å². The number of phenolic OH excluding ortho intramolecular Hbond substituents is 1. The Bertz CT molecular complexity index is 991. The summed E-state index contributed by atoms with van der Waals surface area (Å²) in [6.07, 6.45) is 1.71. The molecule has 0 bridgehead atoms. The number of amides is 1. The van der Waals surface area contributed by atoms with Crippen LogP contribution in [0.3, 0.4) is 0 Å². The van der Waals surface area contributed by atoms with E-state index >= 15 is 0 Å². The first-order valence-corrected chi connectivity index (χ1v) is 11.5. The highest BCUT2D eigenvalue weighted by atomic mass is 79.9. The number of halogens is 1. The number of carboxylic acid groups (broad SMARTS) is 2. The Balaban J connectivity index is 0.000000604. The lowest BCUT2D eigenvalue weighted by Gasteiger charge is -2.31. The minimum atomic E-state index is -1.82. The summed E-state index contributed by atoms with van der Waals surface area (Å²) in [7, 11) is 1.55. The summed E-state index contributed by atoms with van der Waals surface area (Å²) in [5.41, 5.74) is 3.42. The summed E-state index contributed by atoms with van der Waals surface area (Å²) in [6, 6.07) is 12.0. The number of carbonyl (C=O) groups is 3. The zero-order valence-electron chi connectivity index (χ0n) is 19.1. The predicted octanol–water partition coefficient (Wildman–Crippen LogP) is 3.16. The third-order valence-electron chi connectivity index (χ3n) is 5.44. The molecule has 0 radical (unpaired) electrons. The second-order valence-electron chi connectivity index (χ2n) is 7.99. The quantitative estimate of drug-likeness (QED) is 0.413. The van der Waals surface area contributed by atoms with E-state index in [1.54, 1.807) is 7.11 Å². The molecular weight excluding hydrogens is 508 g/mol. The number of nitrogens with zero attached hydrogens (tertiary/aromatic N) is 1. The number of likely N-dealkylation sites (tertiary alicyclic amines) is 1. The number of carbonyl (C=O) groups excluding carboxylic acids is 1. The molecule has 1 aliphatic rings. The minimum Gasteiger partial charge on any atom is -0.503 e. The van der Waals surface area contributed by atoms with Gasteiger partial charge in [0, 0.05) is 19.0 Å². The smallest absolute Gasteiger partial charge is 0.414 e. The number of aliphatic carboxylic acids is 2. The molecule has 0 saturated carbocycles. The minimum absolute atomic E-state index is 0.0720. The fraction of sp³-hybridized carbons (Fsp3) is 0.375. The Hall–Kier alpha value is -3.11. The van der Waals surface area contributed by atoms with Crippen molar-refractivity contribution in [3.05, 3.63) is 57.6 Å². The van der Waals surface area contributed by atoms with E-state index in [1.807, 2.05) is 12.1 Å². The average molecular weight is 537 g/mol. The second kappa shape index (κ2) is 13.0. The maximum absolute atomic E-state index is 12.5. The van der Waals surface area contributed by atoms with Gasteiger partial charge in [0.2, 0.25) is 5.91 Å². The van der Waals surface area contributed by atoms with Crippen molar-refractivity contribution >= 4 is 33.8 Å². The molecule has 10 heteroatoms. The molecule has 1 fully saturated rings. The first-order chi connectivity index (χ1) is 16.1. The third-order valence-corrected chi connectivity index (χ3v) is 6.05. The normalized spacial score (nSPS) is 14.0. The van der Waals surface area contributed by atoms with Crippen LogP contribution in [0.25, 0.3) is 0 Å². The zero-order chi connectivity index (χ0) is 25.3. The number of hydrogen-bond acceptors (Lipinski definition) is 6. The third kappa shape index (κ3) is 8.35. The van der Waals surface area contributed by atoms with Crippen molar-refractivity contribution in [3.63, 3.8) is 0 Å². The molecule has 0 unspecified atom stereocenters. The molecule has 9 nitrogen and oxygen atoms in total. The van der Waals surface area contributed by atoms with Crippen LogP contribution in [-0.4, -0.2) is 58.3 Å². The lowest BCUT2D eigenvalue weighted by atomic mass is 9.95. The number of ether oxygens (including phenoxy) is 1. The summed E-state index contributed by atoms with van der Waals surface area (Å²) >= 11 is 3.37. The molecule has 184 valence electrons. The van der Waals surface area contributed by atoms with E-state index in [0.29, 0.717) is 16.8 Å². The van der Waals surface area contributed by atoms with Gasteiger partial charge in [0.25, 0.3) is 0 Å². The van der Waals surface area contributed by atoms with E-state index in [2.05, 4.69) is 57.3 Å². The van der Waals surface area contributed by atoms with Crippen LogP contribution in [0.15, 0.2) is 40.9 Å². The molecule has 1 aliphatic heterocycles. The van der Waals surface area contributed by atoms with E-state index in [9.17, 15) is 9.90 Å². The molecule has 34 heavy (non-hydrogen) atoms. The Morgan fingerprint density at radius 3 is 2.18 bits per heavy atom. The number of methoxy groups -OCH3 is 1. The van der Waals surface area contributed by atoms with Gasteiger partial charge in [0.1, 0.15) is 0 Å². The summed E-state index contributed by atoms with van der Waals surface area (Å²) in [5.74, 6) is -2.84. The number of piperidine rings is 1. The Kier molecular flexibility index (Phi) is 10.3. The number of hydrogen-bond donors (Lipinski definition) is 4. The van der Waals surface area contributed by atoms with E-state index < -0.39 is 11.9 Å². The highest BCUT2D eigenvalue weighted by Crippen LogP contribution is 2.35. The maximum atomic E-state index is 12.5. The van der Waals surface area contributed by atoms with Gasteiger partial charge >= 0.3 is 11.9 Å². The fourth-order valence-electron chi connectivity index (χ4n) is 3.53. The topological polar surface area (TPSA) is 136 Å². The highest BCUT2D eigenvalue weighted by Gasteiger charge is 2.25. The van der Waals surface area contributed by atoms with Gasteiger partial charge in [0.15, 0.2) is 11.5 Å². The molecule has 0 aromatic heterocycles. The molecule has 0 atom stereocenters. The van der Waals surface area contributed by atoms with Crippen LogP contribution < -0.4 is 10.1 Å². The number of rotatable bonds is 6. The van der Waals surface area contributed by atoms with Crippen molar-refractivity contribution in [1.82, 2.24) is 10.2 Å². The SMILES string of the molecule is COc1cc(CN2CCC(C(=O)NCc3ccc(C)cc3)CC2)cc(Br)c1O.O=C(O)C(=O)O. The molecule has 2 aromatic rings. The Morgan fingerprint density at radius 2 is 1.65 bits per heavy atom. The maximum Gasteiger partial charge on any atom is 0.414 e. The lowest BCUT2D eigenvalue weighted by Crippen LogP contribution is -2.40. The van der Waals surface area contributed by atoms with Crippen LogP contribution in [0.1, 0.15) is 29.5 Å². The average Bonchev–Trinajstić information content (AvgIpc) is 2.81. The number of aryl methyl sites for hydroxylation is 1. The Morgan fingerprint density at radius 1 is 1.06 bits per heavy atom. The number of aromatic hydroxyl groups is 1. The lowest BCUT2D eigenvalue weighted by molar-refractivity contribution is -0.159. The van der Waals surface area contributed by atoms with E-state index in [-0.39, 0.29) is 17.6 Å². The van der Waals surface area contributed by atoms with E-state index in [4.69, 9.17) is 24.5 Å².